The van der Waals surface area contributed by atoms with E-state index in [0.717, 1.165) is 21.7 Å². The van der Waals surface area contributed by atoms with E-state index >= 15 is 0 Å². The first-order valence-corrected chi connectivity index (χ1v) is 18.8. The van der Waals surface area contributed by atoms with Gasteiger partial charge in [-0.15, -0.1) is 11.3 Å². The predicted octanol–water partition coefficient (Wildman–Crippen LogP) is 4.19. The second kappa shape index (κ2) is 19.2. The van der Waals surface area contributed by atoms with Gasteiger partial charge < -0.3 is 44.0 Å². The van der Waals surface area contributed by atoms with Gasteiger partial charge in [0.2, 0.25) is 11.8 Å². The molecule has 3 amide bonds. The fourth-order valence-electron chi connectivity index (χ4n) is 5.85. The Labute approximate surface area is 310 Å². The second-order valence-electron chi connectivity index (χ2n) is 14.0. The average Bonchev–Trinajstić information content (AvgIpc) is 3.49. The van der Waals surface area contributed by atoms with Gasteiger partial charge in [0.15, 0.2) is 12.0 Å². The highest BCUT2D eigenvalue weighted by Gasteiger charge is 2.53. The maximum atomic E-state index is 14.6. The number of alkyl halides is 1. The number of rotatable bonds is 21. The van der Waals surface area contributed by atoms with Crippen molar-refractivity contribution in [3.63, 3.8) is 0 Å². The van der Waals surface area contributed by atoms with Crippen LogP contribution in [-0.2, 0) is 44.6 Å². The Morgan fingerprint density at radius 1 is 1.08 bits per heavy atom. The van der Waals surface area contributed by atoms with Crippen LogP contribution in [0.3, 0.4) is 0 Å². The van der Waals surface area contributed by atoms with Crippen LogP contribution >= 0.6 is 11.3 Å². The minimum absolute atomic E-state index is 0.131. The molecule has 1 aliphatic heterocycles. The van der Waals surface area contributed by atoms with Crippen molar-refractivity contribution < 1.29 is 47.2 Å². The summed E-state index contributed by atoms with van der Waals surface area (Å²) in [6, 6.07) is 3.90. The summed E-state index contributed by atoms with van der Waals surface area (Å²) in [5, 5.41) is 5.63. The monoisotopic (exact) mass is 750 g/mol. The molecule has 0 spiro atoms. The van der Waals surface area contributed by atoms with Crippen LogP contribution < -0.4 is 15.4 Å². The molecule has 2 aliphatic rings. The molecule has 13 nitrogen and oxygen atoms in total. The zero-order valence-corrected chi connectivity index (χ0v) is 32.3. The molecule has 2 heterocycles. The van der Waals surface area contributed by atoms with Crippen LogP contribution in [0.4, 0.5) is 4.39 Å². The smallest absolute Gasteiger partial charge is 0.258 e. The summed E-state index contributed by atoms with van der Waals surface area (Å²) < 4.78 is 48.7. The molecule has 1 saturated heterocycles. The van der Waals surface area contributed by atoms with Crippen LogP contribution in [-0.4, -0.2) is 118 Å². The van der Waals surface area contributed by atoms with Crippen molar-refractivity contribution in [3.8, 4) is 16.2 Å². The summed E-state index contributed by atoms with van der Waals surface area (Å²) in [5.74, 6) is -1.04. The maximum Gasteiger partial charge on any atom is 0.258 e. The SMILES string of the molecule is CCOC(COCCOCCOc1cc(-c2scnc2C)ccc1CNC(=O)[C@@H]1C[C@@H](OC)CN1C(=O)[C@@H](NC(=O)C1(F)CC1)C(C)(C)C)OCC. The van der Waals surface area contributed by atoms with E-state index < -0.39 is 41.3 Å². The molecule has 2 fully saturated rings. The predicted molar refractivity (Wildman–Crippen MR) is 194 cm³/mol. The number of hydrogen-bond acceptors (Lipinski definition) is 11. The number of aromatic nitrogens is 1. The van der Waals surface area contributed by atoms with Crippen LogP contribution in [0.2, 0.25) is 0 Å². The largest absolute Gasteiger partial charge is 0.491 e. The summed E-state index contributed by atoms with van der Waals surface area (Å²) in [6.45, 7) is 14.1. The summed E-state index contributed by atoms with van der Waals surface area (Å²) >= 11 is 1.53. The van der Waals surface area contributed by atoms with Crippen molar-refractivity contribution in [2.45, 2.75) is 97.5 Å². The fraction of sp³-hybridized carbons (Fsp3) is 0.676. The highest BCUT2D eigenvalue weighted by Crippen LogP contribution is 2.40. The van der Waals surface area contributed by atoms with Crippen molar-refractivity contribution in [2.24, 2.45) is 5.41 Å². The topological polar surface area (TPSA) is 147 Å². The van der Waals surface area contributed by atoms with Gasteiger partial charge in [0.05, 0.1) is 48.6 Å². The van der Waals surface area contributed by atoms with Crippen molar-refractivity contribution in [1.29, 1.82) is 0 Å². The number of carbonyl (C=O) groups excluding carboxylic acids is 3. The van der Waals surface area contributed by atoms with Crippen LogP contribution in [0, 0.1) is 12.3 Å². The molecule has 0 unspecified atom stereocenters. The zero-order valence-electron chi connectivity index (χ0n) is 31.5. The van der Waals surface area contributed by atoms with E-state index in [1.54, 1.807) is 26.3 Å². The number of nitrogens with zero attached hydrogens (tertiary/aromatic N) is 2. The van der Waals surface area contributed by atoms with Gasteiger partial charge in [0, 0.05) is 45.4 Å². The number of thiazole rings is 1. The summed E-state index contributed by atoms with van der Waals surface area (Å²) in [6.07, 6.45) is -0.246. The lowest BCUT2D eigenvalue weighted by Gasteiger charge is -2.35. The number of methoxy groups -OCH3 is 1. The standard InChI is InChI=1S/C37H55FN4O9S/c1-8-49-30(50-9-2)22-48-15-14-47-16-17-51-29-18-25(31-24(3)40-23-52-31)10-11-26(29)20-39-33(43)28-19-27(46-7)21-42(28)34(44)32(36(4,5)6)41-35(45)37(38)12-13-37/h10-11,18,23,27-28,30,32H,8-9,12-17,19-22H2,1-7H3,(H,39,43)(H,41,45)/t27-,28+,32-/m1/s1. The van der Waals surface area contributed by atoms with Gasteiger partial charge in [-0.3, -0.25) is 14.4 Å². The number of amides is 3. The third kappa shape index (κ3) is 11.4. The molecule has 1 aromatic heterocycles. The van der Waals surface area contributed by atoms with E-state index in [1.807, 2.05) is 39.0 Å². The number of carbonyl (C=O) groups is 3. The van der Waals surface area contributed by atoms with Crippen LogP contribution in [0.15, 0.2) is 23.7 Å². The average molecular weight is 751 g/mol. The van der Waals surface area contributed by atoms with Gasteiger partial charge >= 0.3 is 0 Å². The fourth-order valence-corrected chi connectivity index (χ4v) is 6.66. The molecule has 1 aromatic carbocycles. The van der Waals surface area contributed by atoms with E-state index in [9.17, 15) is 18.8 Å². The Kier molecular flexibility index (Phi) is 15.4. The molecule has 290 valence electrons. The summed E-state index contributed by atoms with van der Waals surface area (Å²) in [7, 11) is 1.53. The molecule has 0 radical (unpaired) electrons. The van der Waals surface area contributed by atoms with Gasteiger partial charge in [0.25, 0.3) is 5.91 Å². The van der Waals surface area contributed by atoms with Gasteiger partial charge in [-0.2, -0.15) is 0 Å². The third-order valence-electron chi connectivity index (χ3n) is 9.01. The Balaban J connectivity index is 1.39. The summed E-state index contributed by atoms with van der Waals surface area (Å²) in [4.78, 5) is 47.2. The highest BCUT2D eigenvalue weighted by molar-refractivity contribution is 7.13. The van der Waals surface area contributed by atoms with Gasteiger partial charge in [-0.1, -0.05) is 32.9 Å². The van der Waals surface area contributed by atoms with Gasteiger partial charge in [0.1, 0.15) is 24.4 Å². The van der Waals surface area contributed by atoms with Gasteiger partial charge in [-0.05, 0) is 50.7 Å². The minimum Gasteiger partial charge on any atom is -0.491 e. The molecule has 4 rings (SSSR count). The number of benzene rings is 1. The number of likely N-dealkylation sites (tertiary alicyclic amines) is 1. The Morgan fingerprint density at radius 3 is 2.38 bits per heavy atom. The van der Waals surface area contributed by atoms with E-state index in [0.29, 0.717) is 45.4 Å². The Morgan fingerprint density at radius 2 is 1.77 bits per heavy atom. The minimum atomic E-state index is -1.94. The molecular formula is C37H55FN4O9S. The first kappa shape index (κ1) is 41.5. The molecule has 2 aromatic rings. The van der Waals surface area contributed by atoms with Crippen LogP contribution in [0.1, 0.15) is 65.1 Å². The lowest BCUT2D eigenvalue weighted by molar-refractivity contribution is -0.169. The van der Waals surface area contributed by atoms with Crippen molar-refractivity contribution >= 4 is 29.1 Å². The third-order valence-corrected chi connectivity index (χ3v) is 9.99. The Bertz CT molecular complexity index is 1480. The van der Waals surface area contributed by atoms with E-state index in [1.165, 1.54) is 23.3 Å². The second-order valence-corrected chi connectivity index (χ2v) is 14.9. The molecule has 52 heavy (non-hydrogen) atoms. The van der Waals surface area contributed by atoms with E-state index in [2.05, 4.69) is 15.6 Å². The van der Waals surface area contributed by atoms with Crippen LogP contribution in [0.25, 0.3) is 10.4 Å². The lowest BCUT2D eigenvalue weighted by Crippen LogP contribution is -2.59. The number of aryl methyl sites for hydroxylation is 1. The molecule has 1 saturated carbocycles. The first-order chi connectivity index (χ1) is 24.8. The molecule has 3 atom stereocenters. The normalized spacial score (nSPS) is 18.8. The maximum absolute atomic E-state index is 14.6. The van der Waals surface area contributed by atoms with Crippen molar-refractivity contribution in [3.05, 3.63) is 35.0 Å². The highest BCUT2D eigenvalue weighted by atomic mass is 32.1. The van der Waals surface area contributed by atoms with Crippen molar-refractivity contribution in [1.82, 2.24) is 20.5 Å². The van der Waals surface area contributed by atoms with Gasteiger partial charge in [-0.25, -0.2) is 9.37 Å². The summed E-state index contributed by atoms with van der Waals surface area (Å²) in [5.41, 5.74) is 1.69. The molecule has 0 bridgehead atoms. The van der Waals surface area contributed by atoms with Crippen molar-refractivity contribution in [2.75, 3.05) is 59.9 Å². The molecule has 2 N–H and O–H groups in total. The van der Waals surface area contributed by atoms with E-state index in [4.69, 9.17) is 28.4 Å². The first-order valence-electron chi connectivity index (χ1n) is 18.0. The van der Waals surface area contributed by atoms with E-state index in [-0.39, 0.29) is 51.0 Å². The number of ether oxygens (including phenoxy) is 6. The lowest BCUT2D eigenvalue weighted by atomic mass is 9.85. The molecule has 15 heteroatoms. The Hall–Kier alpha value is -3.21. The molecule has 1 aliphatic carbocycles. The molecular weight excluding hydrogens is 695 g/mol. The number of halogens is 1. The number of nitrogens with one attached hydrogen (secondary N) is 2. The number of hydrogen-bond donors (Lipinski definition) is 2. The quantitative estimate of drug-likeness (QED) is 0.141. The zero-order chi connectivity index (χ0) is 37.9. The van der Waals surface area contributed by atoms with Crippen LogP contribution in [0.5, 0.6) is 5.75 Å².